The van der Waals surface area contributed by atoms with Crippen LogP contribution in [0.15, 0.2) is 10.6 Å². The third-order valence-corrected chi connectivity index (χ3v) is 1.59. The number of aromatic nitrogens is 1. The molecular weight excluding hydrogens is 240 g/mol. The summed E-state index contributed by atoms with van der Waals surface area (Å²) in [5, 5.41) is 5.99. The Bertz CT molecular complexity index is 433. The molecule has 1 rings (SSSR count). The smallest absolute Gasteiger partial charge is 0.408 e. The summed E-state index contributed by atoms with van der Waals surface area (Å²) >= 11 is 0. The lowest BCUT2D eigenvalue weighted by atomic mass is 10.2. The summed E-state index contributed by atoms with van der Waals surface area (Å²) in [7, 11) is 0. The molecule has 0 unspecified atom stereocenters. The highest BCUT2D eigenvalue weighted by Crippen LogP contribution is 2.12. The first-order chi connectivity index (χ1) is 8.26. The maximum Gasteiger partial charge on any atom is 0.408 e. The molecule has 0 saturated heterocycles. The summed E-state index contributed by atoms with van der Waals surface area (Å²) in [5.41, 5.74) is -0.561. The SMILES string of the molecule is CC(=O)Oc1cc(CNC(=O)OC(C)(C)C)on1. The van der Waals surface area contributed by atoms with Crippen LogP contribution in [0.4, 0.5) is 4.79 Å². The normalized spacial score (nSPS) is 10.9. The number of nitrogens with zero attached hydrogens (tertiary/aromatic N) is 1. The van der Waals surface area contributed by atoms with Gasteiger partial charge in [-0.3, -0.25) is 4.79 Å². The number of nitrogens with one attached hydrogen (secondary N) is 1. The van der Waals surface area contributed by atoms with Crippen LogP contribution in [0.1, 0.15) is 33.5 Å². The molecular formula is C11H16N2O5. The lowest BCUT2D eigenvalue weighted by Gasteiger charge is -2.19. The number of hydrogen-bond donors (Lipinski definition) is 1. The fourth-order valence-corrected chi connectivity index (χ4v) is 1.05. The molecule has 0 fully saturated rings. The first-order valence-electron chi connectivity index (χ1n) is 5.37. The monoisotopic (exact) mass is 256 g/mol. The zero-order valence-electron chi connectivity index (χ0n) is 10.8. The standard InChI is InChI=1S/C11H16N2O5/c1-7(14)16-9-5-8(18-13-9)6-12-10(15)17-11(2,3)4/h5H,6H2,1-4H3,(H,12,15). The average Bonchev–Trinajstić information content (AvgIpc) is 2.59. The van der Waals surface area contributed by atoms with E-state index in [2.05, 4.69) is 10.5 Å². The molecule has 0 aliphatic carbocycles. The predicted octanol–water partition coefficient (Wildman–Crippen LogP) is 1.62. The van der Waals surface area contributed by atoms with Gasteiger partial charge in [-0.15, -0.1) is 0 Å². The fourth-order valence-electron chi connectivity index (χ4n) is 1.05. The van der Waals surface area contributed by atoms with E-state index in [-0.39, 0.29) is 12.4 Å². The van der Waals surface area contributed by atoms with Crippen LogP contribution in [0.25, 0.3) is 0 Å². The van der Waals surface area contributed by atoms with Gasteiger partial charge >= 0.3 is 12.1 Å². The van der Waals surface area contributed by atoms with Gasteiger partial charge in [0.2, 0.25) is 0 Å². The van der Waals surface area contributed by atoms with Crippen LogP contribution in [-0.2, 0) is 16.1 Å². The van der Waals surface area contributed by atoms with Gasteiger partial charge in [0.25, 0.3) is 5.88 Å². The Labute approximate surface area is 104 Å². The van der Waals surface area contributed by atoms with Gasteiger partial charge in [0, 0.05) is 13.0 Å². The number of rotatable bonds is 3. The molecule has 7 heteroatoms. The highest BCUT2D eigenvalue weighted by atomic mass is 16.6. The van der Waals surface area contributed by atoms with Gasteiger partial charge in [0.05, 0.1) is 6.54 Å². The molecule has 1 amide bonds. The molecule has 0 bridgehead atoms. The van der Waals surface area contributed by atoms with E-state index in [0.717, 1.165) is 0 Å². The third-order valence-electron chi connectivity index (χ3n) is 1.59. The molecule has 0 atom stereocenters. The van der Waals surface area contributed by atoms with Crippen molar-refractivity contribution in [3.8, 4) is 5.88 Å². The van der Waals surface area contributed by atoms with E-state index in [1.807, 2.05) is 0 Å². The second-order valence-corrected chi connectivity index (χ2v) is 4.58. The van der Waals surface area contributed by atoms with Crippen LogP contribution < -0.4 is 10.1 Å². The topological polar surface area (TPSA) is 90.7 Å². The second-order valence-electron chi connectivity index (χ2n) is 4.58. The molecule has 7 nitrogen and oxygen atoms in total. The van der Waals surface area contributed by atoms with Gasteiger partial charge in [-0.1, -0.05) is 0 Å². The Hall–Kier alpha value is -2.05. The van der Waals surface area contributed by atoms with E-state index in [1.165, 1.54) is 13.0 Å². The van der Waals surface area contributed by atoms with Crippen molar-refractivity contribution in [1.29, 1.82) is 0 Å². The van der Waals surface area contributed by atoms with Gasteiger partial charge in [-0.25, -0.2) is 4.79 Å². The molecule has 18 heavy (non-hydrogen) atoms. The summed E-state index contributed by atoms with van der Waals surface area (Å²) in [6.45, 7) is 6.65. The Kier molecular flexibility index (Phi) is 4.30. The zero-order valence-corrected chi connectivity index (χ0v) is 10.8. The maximum absolute atomic E-state index is 11.3. The van der Waals surface area contributed by atoms with E-state index in [0.29, 0.717) is 5.76 Å². The molecule has 100 valence electrons. The van der Waals surface area contributed by atoms with E-state index in [9.17, 15) is 9.59 Å². The van der Waals surface area contributed by atoms with Crippen LogP contribution in [0.3, 0.4) is 0 Å². The van der Waals surface area contributed by atoms with Crippen molar-refractivity contribution in [2.24, 2.45) is 0 Å². The number of amides is 1. The number of carbonyl (C=O) groups excluding carboxylic acids is 2. The van der Waals surface area contributed by atoms with Crippen molar-refractivity contribution in [3.63, 3.8) is 0 Å². The fraction of sp³-hybridized carbons (Fsp3) is 0.545. The quantitative estimate of drug-likeness (QED) is 0.826. The maximum atomic E-state index is 11.3. The van der Waals surface area contributed by atoms with Crippen LogP contribution in [0.2, 0.25) is 0 Å². The Morgan fingerprint density at radius 3 is 2.67 bits per heavy atom. The van der Waals surface area contributed by atoms with Crippen molar-refractivity contribution >= 4 is 12.1 Å². The number of ether oxygens (including phenoxy) is 2. The Morgan fingerprint density at radius 1 is 1.44 bits per heavy atom. The second kappa shape index (κ2) is 5.52. The molecule has 0 aliphatic rings. The summed E-state index contributed by atoms with van der Waals surface area (Å²) in [6.07, 6.45) is -0.562. The van der Waals surface area contributed by atoms with Crippen LogP contribution >= 0.6 is 0 Å². The highest BCUT2D eigenvalue weighted by Gasteiger charge is 2.16. The van der Waals surface area contributed by atoms with Gasteiger partial charge in [0.1, 0.15) is 5.60 Å². The van der Waals surface area contributed by atoms with Crippen LogP contribution in [0.5, 0.6) is 5.88 Å². The average molecular weight is 256 g/mol. The number of alkyl carbamates (subject to hydrolysis) is 1. The minimum atomic E-state index is -0.562. The Balaban J connectivity index is 2.42. The van der Waals surface area contributed by atoms with Crippen LogP contribution in [-0.4, -0.2) is 22.8 Å². The van der Waals surface area contributed by atoms with Crippen molar-refractivity contribution in [2.75, 3.05) is 0 Å². The predicted molar refractivity (Wildman–Crippen MR) is 60.9 cm³/mol. The van der Waals surface area contributed by atoms with Gasteiger partial charge in [-0.2, -0.15) is 0 Å². The number of esters is 1. The van der Waals surface area contributed by atoms with Crippen LogP contribution in [0, 0.1) is 0 Å². The van der Waals surface area contributed by atoms with Crippen molar-refractivity contribution in [1.82, 2.24) is 10.5 Å². The third kappa shape index (κ3) is 5.33. The van der Waals surface area contributed by atoms with Crippen molar-refractivity contribution in [2.45, 2.75) is 39.8 Å². The molecule has 1 aromatic rings. The van der Waals surface area contributed by atoms with Gasteiger partial charge in [-0.05, 0) is 25.9 Å². The number of hydrogen-bond acceptors (Lipinski definition) is 6. The molecule has 0 saturated carbocycles. The van der Waals surface area contributed by atoms with Crippen molar-refractivity contribution < 1.29 is 23.6 Å². The largest absolute Gasteiger partial charge is 0.444 e. The molecule has 1 N–H and O–H groups in total. The molecule has 0 spiro atoms. The van der Waals surface area contributed by atoms with E-state index < -0.39 is 17.7 Å². The summed E-state index contributed by atoms with van der Waals surface area (Å²) in [4.78, 5) is 22.0. The summed E-state index contributed by atoms with van der Waals surface area (Å²) in [6, 6.07) is 1.42. The minimum Gasteiger partial charge on any atom is -0.444 e. The Morgan fingerprint density at radius 2 is 2.11 bits per heavy atom. The van der Waals surface area contributed by atoms with Gasteiger partial charge in [0.15, 0.2) is 5.76 Å². The zero-order chi connectivity index (χ0) is 13.8. The molecule has 1 heterocycles. The van der Waals surface area contributed by atoms with Crippen molar-refractivity contribution in [3.05, 3.63) is 11.8 Å². The molecule has 0 radical (unpaired) electrons. The molecule has 1 aromatic heterocycles. The van der Waals surface area contributed by atoms with Gasteiger partial charge < -0.3 is 19.3 Å². The number of carbonyl (C=O) groups is 2. The first-order valence-corrected chi connectivity index (χ1v) is 5.37. The highest BCUT2D eigenvalue weighted by molar-refractivity contribution is 5.69. The summed E-state index contributed by atoms with van der Waals surface area (Å²) in [5.74, 6) is -0.0736. The first kappa shape index (κ1) is 14.0. The summed E-state index contributed by atoms with van der Waals surface area (Å²) < 4.78 is 14.6. The molecule has 0 aromatic carbocycles. The molecule has 0 aliphatic heterocycles. The lowest BCUT2D eigenvalue weighted by Crippen LogP contribution is -2.32. The van der Waals surface area contributed by atoms with E-state index in [4.69, 9.17) is 14.0 Å². The van der Waals surface area contributed by atoms with E-state index >= 15 is 0 Å². The minimum absolute atomic E-state index is 0.0588. The van der Waals surface area contributed by atoms with E-state index in [1.54, 1.807) is 20.8 Å². The lowest BCUT2D eigenvalue weighted by molar-refractivity contribution is -0.132.